The Balaban J connectivity index is 0.00000182. The molecule has 4 rings (SSSR count). The number of halogens is 1. The van der Waals surface area contributed by atoms with E-state index in [4.69, 9.17) is 0 Å². The molecule has 5 heteroatoms. The van der Waals surface area contributed by atoms with Crippen molar-refractivity contribution in [3.8, 4) is 11.5 Å². The summed E-state index contributed by atoms with van der Waals surface area (Å²) in [5.41, 5.74) is 4.06. The van der Waals surface area contributed by atoms with Gasteiger partial charge in [-0.2, -0.15) is 0 Å². The lowest BCUT2D eigenvalue weighted by atomic mass is 9.73. The minimum absolute atomic E-state index is 0. The van der Waals surface area contributed by atoms with Crippen molar-refractivity contribution in [3.05, 3.63) is 44.6 Å². The fourth-order valence-electron chi connectivity index (χ4n) is 4.18. The van der Waals surface area contributed by atoms with Crippen LogP contribution in [0.1, 0.15) is 59.6 Å². The number of phenolic OH excluding ortho intramolecular Hbond substituents is 2. The molecular formula is C20H26BrNO2S. The van der Waals surface area contributed by atoms with Crippen LogP contribution in [0.4, 0.5) is 0 Å². The number of hydrogen-bond donors (Lipinski definition) is 3. The quantitative estimate of drug-likeness (QED) is 0.573. The van der Waals surface area contributed by atoms with Crippen molar-refractivity contribution >= 4 is 28.3 Å². The van der Waals surface area contributed by atoms with E-state index in [1.165, 1.54) is 26.4 Å². The predicted octanol–water partition coefficient (Wildman–Crippen LogP) is 4.88. The number of rotatable bonds is 1. The van der Waals surface area contributed by atoms with Gasteiger partial charge in [-0.1, -0.05) is 20.8 Å². The number of hydrogen-bond acceptors (Lipinski definition) is 4. The molecule has 0 unspecified atom stereocenters. The van der Waals surface area contributed by atoms with Gasteiger partial charge in [0.1, 0.15) is 0 Å². The van der Waals surface area contributed by atoms with E-state index >= 15 is 0 Å². The lowest BCUT2D eigenvalue weighted by molar-refractivity contribution is 0.382. The van der Waals surface area contributed by atoms with Gasteiger partial charge in [0, 0.05) is 28.3 Å². The molecule has 0 fully saturated rings. The normalized spacial score (nSPS) is 21.7. The summed E-state index contributed by atoms with van der Waals surface area (Å²) in [7, 11) is 0. The van der Waals surface area contributed by atoms with E-state index in [-0.39, 0.29) is 39.8 Å². The Morgan fingerprint density at radius 2 is 1.84 bits per heavy atom. The second-order valence-corrected chi connectivity index (χ2v) is 9.59. The SMILES string of the molecule is Br.CC(C)(C)Cc1cc2c(s1)CN[C@H]1CCc3cc(O)c(O)cc3[C@H]21. The third kappa shape index (κ3) is 3.46. The maximum absolute atomic E-state index is 10.0. The number of thiophene rings is 1. The van der Waals surface area contributed by atoms with Crippen molar-refractivity contribution in [1.29, 1.82) is 0 Å². The van der Waals surface area contributed by atoms with Crippen molar-refractivity contribution in [2.24, 2.45) is 5.41 Å². The van der Waals surface area contributed by atoms with Gasteiger partial charge in [-0.25, -0.2) is 0 Å². The minimum atomic E-state index is -0.00771. The molecule has 2 heterocycles. The van der Waals surface area contributed by atoms with Crippen LogP contribution in [0.25, 0.3) is 0 Å². The van der Waals surface area contributed by atoms with Gasteiger partial charge in [0.05, 0.1) is 0 Å². The Morgan fingerprint density at radius 1 is 1.12 bits per heavy atom. The number of aromatic hydroxyl groups is 2. The first-order valence-corrected chi connectivity index (χ1v) is 9.53. The average molecular weight is 424 g/mol. The molecule has 0 bridgehead atoms. The van der Waals surface area contributed by atoms with E-state index < -0.39 is 0 Å². The average Bonchev–Trinajstić information content (AvgIpc) is 2.88. The van der Waals surface area contributed by atoms with E-state index in [0.29, 0.717) is 6.04 Å². The maximum Gasteiger partial charge on any atom is 0.157 e. The molecule has 1 aliphatic carbocycles. The zero-order chi connectivity index (χ0) is 17.1. The highest BCUT2D eigenvalue weighted by molar-refractivity contribution is 8.93. The van der Waals surface area contributed by atoms with Crippen LogP contribution >= 0.6 is 28.3 Å². The highest BCUT2D eigenvalue weighted by Gasteiger charge is 2.37. The molecule has 1 aromatic carbocycles. The third-order valence-corrected chi connectivity index (χ3v) is 6.31. The molecule has 2 atom stereocenters. The second kappa shape index (κ2) is 6.60. The maximum atomic E-state index is 10.0. The molecule has 0 amide bonds. The molecule has 136 valence electrons. The number of aryl methyl sites for hydroxylation is 1. The monoisotopic (exact) mass is 423 g/mol. The van der Waals surface area contributed by atoms with Gasteiger partial charge in [0.25, 0.3) is 0 Å². The first kappa shape index (κ1) is 18.7. The van der Waals surface area contributed by atoms with Gasteiger partial charge in [-0.05, 0) is 59.6 Å². The lowest BCUT2D eigenvalue weighted by Gasteiger charge is -2.38. The molecular weight excluding hydrogens is 398 g/mol. The van der Waals surface area contributed by atoms with Crippen LogP contribution in [0.5, 0.6) is 11.5 Å². The third-order valence-electron chi connectivity index (χ3n) is 5.16. The summed E-state index contributed by atoms with van der Waals surface area (Å²) >= 11 is 1.93. The van der Waals surface area contributed by atoms with Crippen LogP contribution in [0.2, 0.25) is 0 Å². The highest BCUT2D eigenvalue weighted by Crippen LogP contribution is 2.46. The molecule has 2 aliphatic rings. The Bertz CT molecular complexity index is 794. The van der Waals surface area contributed by atoms with Crippen LogP contribution in [0, 0.1) is 5.41 Å². The van der Waals surface area contributed by atoms with Crippen LogP contribution in [0.3, 0.4) is 0 Å². The van der Waals surface area contributed by atoms with Crippen LogP contribution < -0.4 is 5.32 Å². The molecule has 1 aromatic heterocycles. The molecule has 0 radical (unpaired) electrons. The Labute approximate surface area is 163 Å². The van der Waals surface area contributed by atoms with Crippen LogP contribution in [-0.2, 0) is 19.4 Å². The summed E-state index contributed by atoms with van der Waals surface area (Å²) in [6.45, 7) is 7.79. The predicted molar refractivity (Wildman–Crippen MR) is 108 cm³/mol. The van der Waals surface area contributed by atoms with Crippen molar-refractivity contribution in [2.45, 2.75) is 58.5 Å². The summed E-state index contributed by atoms with van der Waals surface area (Å²) < 4.78 is 0. The van der Waals surface area contributed by atoms with E-state index in [1.807, 2.05) is 11.3 Å². The molecule has 0 saturated carbocycles. The van der Waals surface area contributed by atoms with Crippen molar-refractivity contribution in [1.82, 2.24) is 5.32 Å². The number of fused-ring (bicyclic) bond motifs is 5. The smallest absolute Gasteiger partial charge is 0.157 e. The van der Waals surface area contributed by atoms with Gasteiger partial charge < -0.3 is 15.5 Å². The van der Waals surface area contributed by atoms with Gasteiger partial charge in [-0.15, -0.1) is 28.3 Å². The van der Waals surface area contributed by atoms with Gasteiger partial charge in [0.2, 0.25) is 0 Å². The lowest BCUT2D eigenvalue weighted by Crippen LogP contribution is -2.41. The van der Waals surface area contributed by atoms with E-state index in [9.17, 15) is 10.2 Å². The van der Waals surface area contributed by atoms with Gasteiger partial charge >= 0.3 is 0 Å². The topological polar surface area (TPSA) is 52.5 Å². The highest BCUT2D eigenvalue weighted by atomic mass is 79.9. The summed E-state index contributed by atoms with van der Waals surface area (Å²) in [5.74, 6) is 0.274. The van der Waals surface area contributed by atoms with Crippen molar-refractivity contribution in [2.75, 3.05) is 0 Å². The standard InChI is InChI=1S/C20H25NO2S.BrH/c1-20(2,3)9-12-7-14-18(24-12)10-21-15-5-4-11-6-16(22)17(23)8-13(11)19(14)15;/h6-8,15,19,21-23H,4-5,9-10H2,1-3H3;1H/t15-,19+;/m0./s1. The van der Waals surface area contributed by atoms with E-state index in [1.54, 1.807) is 12.1 Å². The second-order valence-electron chi connectivity index (χ2n) is 8.37. The fourth-order valence-corrected chi connectivity index (χ4v) is 5.64. The first-order chi connectivity index (χ1) is 11.3. The summed E-state index contributed by atoms with van der Waals surface area (Å²) in [6.07, 6.45) is 3.12. The van der Waals surface area contributed by atoms with E-state index in [0.717, 1.165) is 25.8 Å². The zero-order valence-electron chi connectivity index (χ0n) is 14.9. The molecule has 1 aliphatic heterocycles. The van der Waals surface area contributed by atoms with E-state index in [2.05, 4.69) is 32.2 Å². The van der Waals surface area contributed by atoms with Crippen molar-refractivity contribution < 1.29 is 10.2 Å². The molecule has 3 nitrogen and oxygen atoms in total. The Morgan fingerprint density at radius 3 is 2.56 bits per heavy atom. The van der Waals surface area contributed by atoms with Crippen LogP contribution in [-0.4, -0.2) is 16.3 Å². The number of nitrogens with one attached hydrogen (secondary N) is 1. The van der Waals surface area contributed by atoms with Gasteiger partial charge in [0.15, 0.2) is 11.5 Å². The molecule has 2 aromatic rings. The molecule has 3 N–H and O–H groups in total. The summed E-state index contributed by atoms with van der Waals surface area (Å²) in [6, 6.07) is 6.34. The molecule has 25 heavy (non-hydrogen) atoms. The Kier molecular flexibility index (Phi) is 4.95. The summed E-state index contributed by atoms with van der Waals surface area (Å²) in [5, 5.41) is 23.5. The number of phenols is 2. The Hall–Kier alpha value is -1.04. The minimum Gasteiger partial charge on any atom is -0.504 e. The molecule has 0 spiro atoms. The van der Waals surface area contributed by atoms with Crippen LogP contribution in [0.15, 0.2) is 18.2 Å². The van der Waals surface area contributed by atoms with Gasteiger partial charge in [-0.3, -0.25) is 0 Å². The fraction of sp³-hybridized carbons (Fsp3) is 0.500. The molecule has 0 saturated heterocycles. The first-order valence-electron chi connectivity index (χ1n) is 8.71. The van der Waals surface area contributed by atoms with Crippen molar-refractivity contribution in [3.63, 3.8) is 0 Å². The summed E-state index contributed by atoms with van der Waals surface area (Å²) in [4.78, 5) is 2.88. The zero-order valence-corrected chi connectivity index (χ0v) is 17.5. The number of benzene rings is 1. The largest absolute Gasteiger partial charge is 0.504 e.